The molecule has 2 N–H and O–H groups in total. The van der Waals surface area contributed by atoms with Crippen LogP contribution in [0.4, 0.5) is 0 Å². The summed E-state index contributed by atoms with van der Waals surface area (Å²) in [6.07, 6.45) is 0.865. The maximum atomic E-state index is 12.7. The number of carbonyl (C=O) groups is 2. The van der Waals surface area contributed by atoms with Crippen LogP contribution in [0.5, 0.6) is 0 Å². The molecule has 2 rings (SSSR count). The topological polar surface area (TPSA) is 58.2 Å². The molecule has 0 aromatic heterocycles. The van der Waals surface area contributed by atoms with Crippen LogP contribution in [0.15, 0.2) is 60.7 Å². The van der Waals surface area contributed by atoms with Crippen molar-refractivity contribution in [1.29, 1.82) is 0 Å². The molecule has 0 saturated carbocycles. The summed E-state index contributed by atoms with van der Waals surface area (Å²) in [4.78, 5) is 24.4. The summed E-state index contributed by atoms with van der Waals surface area (Å²) in [7, 11) is 1.59. The van der Waals surface area contributed by atoms with Crippen LogP contribution in [0.3, 0.4) is 0 Å². The van der Waals surface area contributed by atoms with Gasteiger partial charge < -0.3 is 10.6 Å². The van der Waals surface area contributed by atoms with Crippen molar-refractivity contribution in [3.05, 3.63) is 71.8 Å². The molecule has 2 aromatic carbocycles. The second kappa shape index (κ2) is 7.58. The quantitative estimate of drug-likeness (QED) is 0.858. The van der Waals surface area contributed by atoms with Crippen molar-refractivity contribution in [2.75, 3.05) is 7.05 Å². The summed E-state index contributed by atoms with van der Waals surface area (Å²) >= 11 is 0. The van der Waals surface area contributed by atoms with E-state index in [0.29, 0.717) is 12.8 Å². The van der Waals surface area contributed by atoms with Crippen molar-refractivity contribution < 1.29 is 9.59 Å². The minimum absolute atomic E-state index is 0.194. The SMILES string of the molecule is CNC(=O)C(Cc1ccccc1)(Cc1ccccc1)NC(C)=O. The Morgan fingerprint density at radius 2 is 1.30 bits per heavy atom. The Hall–Kier alpha value is -2.62. The van der Waals surface area contributed by atoms with Crippen LogP contribution in [0.1, 0.15) is 18.1 Å². The van der Waals surface area contributed by atoms with Crippen molar-refractivity contribution in [3.8, 4) is 0 Å². The van der Waals surface area contributed by atoms with E-state index in [-0.39, 0.29) is 11.8 Å². The van der Waals surface area contributed by atoms with Crippen LogP contribution in [0.25, 0.3) is 0 Å². The van der Waals surface area contributed by atoms with Crippen molar-refractivity contribution in [2.45, 2.75) is 25.3 Å². The molecular formula is C19H22N2O2. The number of carbonyl (C=O) groups excluding carboxylic acids is 2. The molecular weight excluding hydrogens is 288 g/mol. The molecule has 0 unspecified atom stereocenters. The van der Waals surface area contributed by atoms with Crippen LogP contribution in [0.2, 0.25) is 0 Å². The molecule has 0 aliphatic carbocycles. The van der Waals surface area contributed by atoms with Gasteiger partial charge in [-0.2, -0.15) is 0 Å². The average molecular weight is 310 g/mol. The van der Waals surface area contributed by atoms with E-state index in [4.69, 9.17) is 0 Å². The van der Waals surface area contributed by atoms with Crippen LogP contribution in [-0.4, -0.2) is 24.4 Å². The third-order valence-electron chi connectivity index (χ3n) is 3.77. The van der Waals surface area contributed by atoms with Gasteiger partial charge in [0, 0.05) is 26.8 Å². The normalized spacial score (nSPS) is 10.9. The Morgan fingerprint density at radius 1 is 0.870 bits per heavy atom. The number of nitrogens with one attached hydrogen (secondary N) is 2. The van der Waals surface area contributed by atoms with Gasteiger partial charge in [-0.15, -0.1) is 0 Å². The number of hydrogen-bond acceptors (Lipinski definition) is 2. The van der Waals surface area contributed by atoms with E-state index in [1.54, 1.807) is 7.05 Å². The highest BCUT2D eigenvalue weighted by Crippen LogP contribution is 2.20. The highest BCUT2D eigenvalue weighted by molar-refractivity contribution is 5.91. The van der Waals surface area contributed by atoms with Gasteiger partial charge in [-0.25, -0.2) is 0 Å². The average Bonchev–Trinajstić information content (AvgIpc) is 2.55. The van der Waals surface area contributed by atoms with E-state index >= 15 is 0 Å². The Morgan fingerprint density at radius 3 is 1.65 bits per heavy atom. The lowest BCUT2D eigenvalue weighted by Crippen LogP contribution is -2.60. The van der Waals surface area contributed by atoms with Gasteiger partial charge in [-0.05, 0) is 11.1 Å². The number of hydrogen-bond donors (Lipinski definition) is 2. The van der Waals surface area contributed by atoms with E-state index < -0.39 is 5.54 Å². The van der Waals surface area contributed by atoms with Gasteiger partial charge in [0.2, 0.25) is 11.8 Å². The number of benzene rings is 2. The van der Waals surface area contributed by atoms with Gasteiger partial charge in [0.15, 0.2) is 0 Å². The van der Waals surface area contributed by atoms with Gasteiger partial charge >= 0.3 is 0 Å². The molecule has 0 saturated heterocycles. The molecule has 2 aromatic rings. The Labute approximate surface area is 136 Å². The van der Waals surface area contributed by atoms with Crippen LogP contribution < -0.4 is 10.6 Å². The first-order chi connectivity index (χ1) is 11.1. The molecule has 23 heavy (non-hydrogen) atoms. The zero-order valence-electron chi connectivity index (χ0n) is 13.5. The van der Waals surface area contributed by atoms with Crippen molar-refractivity contribution in [1.82, 2.24) is 10.6 Å². The second-order valence-electron chi connectivity index (χ2n) is 5.67. The first-order valence-electron chi connectivity index (χ1n) is 7.64. The first-order valence-corrected chi connectivity index (χ1v) is 7.64. The lowest BCUT2D eigenvalue weighted by molar-refractivity contribution is -0.132. The van der Waals surface area contributed by atoms with Crippen molar-refractivity contribution in [3.63, 3.8) is 0 Å². The summed E-state index contributed by atoms with van der Waals surface area (Å²) in [6, 6.07) is 19.4. The molecule has 0 aliphatic heterocycles. The molecule has 2 amide bonds. The molecule has 4 nitrogen and oxygen atoms in total. The fourth-order valence-electron chi connectivity index (χ4n) is 2.83. The van der Waals surface area contributed by atoms with Gasteiger partial charge in [0.05, 0.1) is 0 Å². The maximum Gasteiger partial charge on any atom is 0.246 e. The minimum atomic E-state index is -1.01. The third kappa shape index (κ3) is 4.42. The van der Waals surface area contributed by atoms with Gasteiger partial charge in [0.25, 0.3) is 0 Å². The summed E-state index contributed by atoms with van der Waals surface area (Å²) in [5.74, 6) is -0.416. The lowest BCUT2D eigenvalue weighted by Gasteiger charge is -2.33. The summed E-state index contributed by atoms with van der Waals surface area (Å²) in [5.41, 5.74) is 0.991. The van der Waals surface area contributed by atoms with Gasteiger partial charge in [-0.3, -0.25) is 9.59 Å². The molecule has 0 radical (unpaired) electrons. The Bertz CT molecular complexity index is 612. The molecule has 0 heterocycles. The monoisotopic (exact) mass is 310 g/mol. The summed E-state index contributed by atoms with van der Waals surface area (Å²) < 4.78 is 0. The predicted octanol–water partition coefficient (Wildman–Crippen LogP) is 2.09. The summed E-state index contributed by atoms with van der Waals surface area (Å²) in [6.45, 7) is 1.44. The van der Waals surface area contributed by atoms with Crippen LogP contribution in [0, 0.1) is 0 Å². The van der Waals surface area contributed by atoms with E-state index in [1.165, 1.54) is 6.92 Å². The molecule has 0 atom stereocenters. The second-order valence-corrected chi connectivity index (χ2v) is 5.67. The fraction of sp³-hybridized carbons (Fsp3) is 0.263. The maximum absolute atomic E-state index is 12.7. The molecule has 0 bridgehead atoms. The van der Waals surface area contributed by atoms with E-state index in [1.807, 2.05) is 60.7 Å². The largest absolute Gasteiger partial charge is 0.357 e. The first kappa shape index (κ1) is 16.7. The zero-order chi connectivity index (χ0) is 16.7. The minimum Gasteiger partial charge on any atom is -0.357 e. The standard InChI is InChI=1S/C19H22N2O2/c1-15(22)21-19(18(23)20-2,13-16-9-5-3-6-10-16)14-17-11-7-4-8-12-17/h3-12H,13-14H2,1-2H3,(H,20,23)(H,21,22). The highest BCUT2D eigenvalue weighted by Gasteiger charge is 2.39. The van der Waals surface area contributed by atoms with E-state index in [9.17, 15) is 9.59 Å². The van der Waals surface area contributed by atoms with Gasteiger partial charge in [0.1, 0.15) is 5.54 Å². The molecule has 0 aliphatic rings. The third-order valence-corrected chi connectivity index (χ3v) is 3.77. The number of likely N-dealkylation sites (N-methyl/N-ethyl adjacent to an activating group) is 1. The van der Waals surface area contributed by atoms with Gasteiger partial charge in [-0.1, -0.05) is 60.7 Å². The molecule has 0 fully saturated rings. The predicted molar refractivity (Wildman–Crippen MR) is 90.9 cm³/mol. The van der Waals surface area contributed by atoms with E-state index in [2.05, 4.69) is 10.6 Å². The fourth-order valence-corrected chi connectivity index (χ4v) is 2.83. The molecule has 120 valence electrons. The van der Waals surface area contributed by atoms with E-state index in [0.717, 1.165) is 11.1 Å². The van der Waals surface area contributed by atoms with Crippen molar-refractivity contribution >= 4 is 11.8 Å². The highest BCUT2D eigenvalue weighted by atomic mass is 16.2. The van der Waals surface area contributed by atoms with Crippen LogP contribution >= 0.6 is 0 Å². The Balaban J connectivity index is 2.41. The Kier molecular flexibility index (Phi) is 5.52. The lowest BCUT2D eigenvalue weighted by atomic mass is 9.83. The number of rotatable bonds is 6. The summed E-state index contributed by atoms with van der Waals surface area (Å²) in [5, 5.41) is 5.59. The van der Waals surface area contributed by atoms with Crippen LogP contribution in [-0.2, 0) is 22.4 Å². The molecule has 0 spiro atoms. The zero-order valence-corrected chi connectivity index (χ0v) is 13.5. The molecule has 4 heteroatoms. The smallest absolute Gasteiger partial charge is 0.246 e. The number of amides is 2. The van der Waals surface area contributed by atoms with Crippen molar-refractivity contribution in [2.24, 2.45) is 0 Å².